The summed E-state index contributed by atoms with van der Waals surface area (Å²) in [4.78, 5) is 12.5. The van der Waals surface area contributed by atoms with Crippen molar-refractivity contribution in [2.75, 3.05) is 6.61 Å². The van der Waals surface area contributed by atoms with Crippen LogP contribution in [0.2, 0.25) is 0 Å². The zero-order chi connectivity index (χ0) is 12.5. The minimum absolute atomic E-state index is 0.114. The number of hydrogen-bond donors (Lipinski definition) is 0. The summed E-state index contributed by atoms with van der Waals surface area (Å²) in [7, 11) is 0. The quantitative estimate of drug-likeness (QED) is 0.758. The summed E-state index contributed by atoms with van der Waals surface area (Å²) >= 11 is 0. The molecule has 92 valence electrons. The van der Waals surface area contributed by atoms with Crippen molar-refractivity contribution in [2.45, 2.75) is 19.3 Å². The van der Waals surface area contributed by atoms with E-state index in [1.54, 1.807) is 6.07 Å². The SMILES string of the molecule is Cc1cc(C(=O)C2CCOc3ccccc32)co1. The normalized spacial score (nSPS) is 17.9. The Kier molecular flexibility index (Phi) is 2.67. The van der Waals surface area contributed by atoms with Gasteiger partial charge in [-0.05, 0) is 25.5 Å². The first-order chi connectivity index (χ1) is 8.75. The first kappa shape index (κ1) is 11.1. The summed E-state index contributed by atoms with van der Waals surface area (Å²) in [6.45, 7) is 2.43. The lowest BCUT2D eigenvalue weighted by Crippen LogP contribution is -2.21. The second-order valence-electron chi connectivity index (χ2n) is 4.54. The maximum atomic E-state index is 12.5. The first-order valence-electron chi connectivity index (χ1n) is 6.07. The lowest BCUT2D eigenvalue weighted by atomic mass is 9.87. The third-order valence-electron chi connectivity index (χ3n) is 3.29. The van der Waals surface area contributed by atoms with Crippen LogP contribution in [0.3, 0.4) is 0 Å². The van der Waals surface area contributed by atoms with E-state index in [1.807, 2.05) is 31.2 Å². The molecule has 18 heavy (non-hydrogen) atoms. The van der Waals surface area contributed by atoms with Gasteiger partial charge >= 0.3 is 0 Å². The van der Waals surface area contributed by atoms with Gasteiger partial charge in [0, 0.05) is 5.56 Å². The van der Waals surface area contributed by atoms with Gasteiger partial charge in [0.05, 0.1) is 18.1 Å². The number of carbonyl (C=O) groups excluding carboxylic acids is 1. The number of hydrogen-bond acceptors (Lipinski definition) is 3. The fourth-order valence-electron chi connectivity index (χ4n) is 2.39. The topological polar surface area (TPSA) is 39.4 Å². The maximum absolute atomic E-state index is 12.5. The lowest BCUT2D eigenvalue weighted by molar-refractivity contribution is 0.0932. The molecule has 0 N–H and O–H groups in total. The van der Waals surface area contributed by atoms with Gasteiger partial charge in [-0.25, -0.2) is 0 Å². The molecule has 3 rings (SSSR count). The molecule has 1 atom stereocenters. The molecule has 1 aromatic carbocycles. The van der Waals surface area contributed by atoms with E-state index in [2.05, 4.69) is 0 Å². The number of rotatable bonds is 2. The summed E-state index contributed by atoms with van der Waals surface area (Å²) in [5, 5.41) is 0. The van der Waals surface area contributed by atoms with Gasteiger partial charge in [-0.3, -0.25) is 4.79 Å². The van der Waals surface area contributed by atoms with Crippen LogP contribution in [-0.2, 0) is 0 Å². The minimum atomic E-state index is -0.119. The monoisotopic (exact) mass is 242 g/mol. The van der Waals surface area contributed by atoms with Crippen molar-refractivity contribution in [1.82, 2.24) is 0 Å². The minimum Gasteiger partial charge on any atom is -0.493 e. The Morgan fingerprint density at radius 2 is 2.17 bits per heavy atom. The van der Waals surface area contributed by atoms with Gasteiger partial charge in [0.2, 0.25) is 0 Å². The smallest absolute Gasteiger partial charge is 0.173 e. The fraction of sp³-hybridized carbons (Fsp3) is 0.267. The lowest BCUT2D eigenvalue weighted by Gasteiger charge is -2.24. The molecule has 2 aromatic rings. The van der Waals surface area contributed by atoms with E-state index in [-0.39, 0.29) is 11.7 Å². The molecule has 0 aliphatic carbocycles. The summed E-state index contributed by atoms with van der Waals surface area (Å²) in [5.41, 5.74) is 1.63. The fourth-order valence-corrected chi connectivity index (χ4v) is 2.39. The van der Waals surface area contributed by atoms with Crippen molar-refractivity contribution in [1.29, 1.82) is 0 Å². The molecule has 0 bridgehead atoms. The number of para-hydroxylation sites is 1. The molecule has 1 unspecified atom stereocenters. The largest absolute Gasteiger partial charge is 0.493 e. The molecule has 0 amide bonds. The summed E-state index contributed by atoms with van der Waals surface area (Å²) in [5.74, 6) is 1.58. The standard InChI is InChI=1S/C15H14O3/c1-10-8-11(9-18-10)15(16)13-6-7-17-14-5-3-2-4-12(13)14/h2-5,8-9,13H,6-7H2,1H3. The Labute approximate surface area is 105 Å². The van der Waals surface area contributed by atoms with Crippen LogP contribution in [0.5, 0.6) is 5.75 Å². The highest BCUT2D eigenvalue weighted by molar-refractivity contribution is 6.01. The molecule has 0 spiro atoms. The summed E-state index contributed by atoms with van der Waals surface area (Å²) in [6.07, 6.45) is 2.26. The second kappa shape index (κ2) is 4.33. The van der Waals surface area contributed by atoms with Gasteiger partial charge in [0.25, 0.3) is 0 Å². The number of Topliss-reactive ketones (excluding diaryl/α,β-unsaturated/α-hetero) is 1. The van der Waals surface area contributed by atoms with Gasteiger partial charge in [-0.2, -0.15) is 0 Å². The van der Waals surface area contributed by atoms with Crippen LogP contribution in [0, 0.1) is 6.92 Å². The molecule has 3 nitrogen and oxygen atoms in total. The average molecular weight is 242 g/mol. The van der Waals surface area contributed by atoms with E-state index in [0.29, 0.717) is 12.2 Å². The van der Waals surface area contributed by atoms with Crippen molar-refractivity contribution in [3.05, 3.63) is 53.5 Å². The summed E-state index contributed by atoms with van der Waals surface area (Å²) in [6, 6.07) is 9.53. The Morgan fingerprint density at radius 3 is 2.94 bits per heavy atom. The van der Waals surface area contributed by atoms with Crippen molar-refractivity contribution in [3.8, 4) is 5.75 Å². The number of carbonyl (C=O) groups is 1. The zero-order valence-electron chi connectivity index (χ0n) is 10.2. The number of ketones is 1. The van der Waals surface area contributed by atoms with Crippen molar-refractivity contribution >= 4 is 5.78 Å². The highest BCUT2D eigenvalue weighted by atomic mass is 16.5. The van der Waals surface area contributed by atoms with Crippen LogP contribution in [-0.4, -0.2) is 12.4 Å². The predicted molar refractivity (Wildman–Crippen MR) is 67.1 cm³/mol. The molecule has 1 aromatic heterocycles. The second-order valence-corrected chi connectivity index (χ2v) is 4.54. The Hall–Kier alpha value is -2.03. The molecular formula is C15H14O3. The van der Waals surface area contributed by atoms with Gasteiger partial charge in [-0.1, -0.05) is 18.2 Å². The van der Waals surface area contributed by atoms with Gasteiger partial charge in [-0.15, -0.1) is 0 Å². The molecule has 0 fully saturated rings. The van der Waals surface area contributed by atoms with Gasteiger partial charge in [0.15, 0.2) is 5.78 Å². The van der Waals surface area contributed by atoms with Crippen LogP contribution in [0.1, 0.15) is 34.0 Å². The number of ether oxygens (including phenoxy) is 1. The number of furan rings is 1. The van der Waals surface area contributed by atoms with E-state index in [0.717, 1.165) is 23.5 Å². The van der Waals surface area contributed by atoms with E-state index in [1.165, 1.54) is 6.26 Å². The Bertz CT molecular complexity index is 583. The van der Waals surface area contributed by atoms with Crippen molar-refractivity contribution in [2.24, 2.45) is 0 Å². The highest BCUT2D eigenvalue weighted by Crippen LogP contribution is 2.35. The van der Waals surface area contributed by atoms with Crippen molar-refractivity contribution < 1.29 is 13.9 Å². The van der Waals surface area contributed by atoms with Crippen LogP contribution in [0.15, 0.2) is 41.0 Å². The molecule has 2 heterocycles. The van der Waals surface area contributed by atoms with E-state index in [9.17, 15) is 4.79 Å². The molecule has 1 aliphatic heterocycles. The molecule has 0 saturated heterocycles. The number of aryl methyl sites for hydroxylation is 1. The third kappa shape index (κ3) is 1.82. The third-order valence-corrected chi connectivity index (χ3v) is 3.29. The van der Waals surface area contributed by atoms with Gasteiger partial charge < -0.3 is 9.15 Å². The van der Waals surface area contributed by atoms with Crippen molar-refractivity contribution in [3.63, 3.8) is 0 Å². The zero-order valence-corrected chi connectivity index (χ0v) is 10.2. The maximum Gasteiger partial charge on any atom is 0.173 e. The number of benzene rings is 1. The Balaban J connectivity index is 1.96. The molecule has 0 saturated carbocycles. The van der Waals surface area contributed by atoms with Gasteiger partial charge in [0.1, 0.15) is 17.8 Å². The van der Waals surface area contributed by atoms with E-state index < -0.39 is 0 Å². The molecule has 3 heteroatoms. The molecule has 1 aliphatic rings. The van der Waals surface area contributed by atoms with E-state index >= 15 is 0 Å². The number of fused-ring (bicyclic) bond motifs is 1. The highest BCUT2D eigenvalue weighted by Gasteiger charge is 2.28. The predicted octanol–water partition coefficient (Wildman–Crippen LogP) is 3.34. The summed E-state index contributed by atoms with van der Waals surface area (Å²) < 4.78 is 10.8. The van der Waals surface area contributed by atoms with Crippen LogP contribution in [0.4, 0.5) is 0 Å². The Morgan fingerprint density at radius 1 is 1.33 bits per heavy atom. The van der Waals surface area contributed by atoms with Crippen LogP contribution >= 0.6 is 0 Å². The van der Waals surface area contributed by atoms with Crippen LogP contribution < -0.4 is 4.74 Å². The average Bonchev–Trinajstić information content (AvgIpc) is 2.84. The van der Waals surface area contributed by atoms with Crippen LogP contribution in [0.25, 0.3) is 0 Å². The molecule has 0 radical (unpaired) electrons. The molecular weight excluding hydrogens is 228 g/mol. The van der Waals surface area contributed by atoms with E-state index in [4.69, 9.17) is 9.15 Å². The first-order valence-corrected chi connectivity index (χ1v) is 6.07.